The summed E-state index contributed by atoms with van der Waals surface area (Å²) in [7, 11) is 0. The Morgan fingerprint density at radius 3 is 2.52 bits per heavy atom. The molecule has 5 heteroatoms. The summed E-state index contributed by atoms with van der Waals surface area (Å²) in [6.45, 7) is 9.70. The number of carbonyl (C=O) groups is 1. The van der Waals surface area contributed by atoms with Crippen LogP contribution in [0.2, 0.25) is 0 Å². The van der Waals surface area contributed by atoms with E-state index in [1.807, 2.05) is 57.2 Å². The zero-order chi connectivity index (χ0) is 17.2. The first-order chi connectivity index (χ1) is 11.1. The van der Waals surface area contributed by atoms with Gasteiger partial charge < -0.3 is 10.3 Å². The Kier molecular flexibility index (Phi) is 7.91. The van der Waals surface area contributed by atoms with Gasteiger partial charge in [0.2, 0.25) is 5.95 Å². The molecule has 0 fully saturated rings. The summed E-state index contributed by atoms with van der Waals surface area (Å²) in [5, 5.41) is 3.04. The van der Waals surface area contributed by atoms with Crippen LogP contribution in [-0.2, 0) is 11.2 Å². The van der Waals surface area contributed by atoms with Gasteiger partial charge in [-0.05, 0) is 36.8 Å². The first kappa shape index (κ1) is 18.8. The number of carbonyl (C=O) groups excluding carboxylic acids is 1. The van der Waals surface area contributed by atoms with Gasteiger partial charge in [-0.2, -0.15) is 0 Å². The molecule has 122 valence electrons. The molecule has 0 amide bonds. The zero-order valence-corrected chi connectivity index (χ0v) is 14.7. The van der Waals surface area contributed by atoms with Gasteiger partial charge in [-0.3, -0.25) is 4.79 Å². The van der Waals surface area contributed by atoms with E-state index in [-0.39, 0.29) is 5.12 Å². The second-order valence-electron chi connectivity index (χ2n) is 4.48. The topological polar surface area (TPSA) is 57.8 Å². The van der Waals surface area contributed by atoms with E-state index in [9.17, 15) is 4.79 Å². The molecule has 0 aliphatic carbocycles. The number of H-pyrrole nitrogens is 1. The van der Waals surface area contributed by atoms with Crippen LogP contribution in [0.15, 0.2) is 36.9 Å². The quantitative estimate of drug-likeness (QED) is 0.664. The van der Waals surface area contributed by atoms with Crippen LogP contribution >= 0.6 is 12.6 Å². The fraction of sp³-hybridized carbons (Fsp3) is 0.222. The molecule has 0 radical (unpaired) electrons. The second kappa shape index (κ2) is 9.69. The molecule has 2 aromatic rings. The molecule has 1 aromatic heterocycles. The maximum Gasteiger partial charge on any atom is 0.205 e. The average Bonchev–Trinajstić information content (AvgIpc) is 2.93. The Balaban J connectivity index is 0.00000127. The van der Waals surface area contributed by atoms with E-state index in [4.69, 9.17) is 0 Å². The van der Waals surface area contributed by atoms with Crippen LogP contribution in [0.25, 0.3) is 12.2 Å². The summed E-state index contributed by atoms with van der Waals surface area (Å²) in [5.74, 6) is 0.649. The molecule has 1 heterocycles. The number of aromatic nitrogens is 2. The maximum absolute atomic E-state index is 10.9. The van der Waals surface area contributed by atoms with Gasteiger partial charge >= 0.3 is 0 Å². The predicted octanol–water partition coefficient (Wildman–Crippen LogP) is 4.85. The number of aromatic amines is 1. The van der Waals surface area contributed by atoms with Crippen LogP contribution in [0.5, 0.6) is 0 Å². The minimum atomic E-state index is -0.145. The summed E-state index contributed by atoms with van der Waals surface area (Å²) in [4.78, 5) is 18.5. The first-order valence-electron chi connectivity index (χ1n) is 7.55. The maximum atomic E-state index is 10.9. The lowest BCUT2D eigenvalue weighted by Gasteiger charge is -2.04. The lowest BCUT2D eigenvalue weighted by atomic mass is 10.1. The highest BCUT2D eigenvalue weighted by Crippen LogP contribution is 2.18. The van der Waals surface area contributed by atoms with E-state index in [0.29, 0.717) is 12.4 Å². The van der Waals surface area contributed by atoms with E-state index < -0.39 is 0 Å². The fourth-order valence-electron chi connectivity index (χ4n) is 1.93. The highest BCUT2D eigenvalue weighted by Gasteiger charge is 2.05. The van der Waals surface area contributed by atoms with Gasteiger partial charge in [0.05, 0.1) is 11.4 Å². The molecule has 0 aliphatic rings. The lowest BCUT2D eigenvalue weighted by molar-refractivity contribution is -0.110. The molecule has 0 saturated carbocycles. The number of hydrogen-bond donors (Lipinski definition) is 3. The van der Waals surface area contributed by atoms with Crippen molar-refractivity contribution < 1.29 is 4.79 Å². The van der Waals surface area contributed by atoms with Crippen molar-refractivity contribution in [1.29, 1.82) is 0 Å². The highest BCUT2D eigenvalue weighted by molar-refractivity contribution is 7.96. The molecule has 0 unspecified atom stereocenters. The summed E-state index contributed by atoms with van der Waals surface area (Å²) in [5.41, 5.74) is 3.53. The Labute approximate surface area is 143 Å². The standard InChI is InChI=1S/C16H17N3OS.C2H6/c1-3-5-14-13(4-2)18-16(19-14)17-12-8-6-11(7-9-12)10-15(20)21;1-2/h3-9H,2,10H2,1H3,(H,20,21)(H2,17,18,19);1-2H3/b5-3-;. The molecule has 0 saturated heterocycles. The van der Waals surface area contributed by atoms with E-state index in [1.165, 1.54) is 0 Å². The summed E-state index contributed by atoms with van der Waals surface area (Å²) in [6, 6.07) is 7.58. The van der Waals surface area contributed by atoms with Crippen molar-refractivity contribution in [2.45, 2.75) is 27.2 Å². The van der Waals surface area contributed by atoms with Crippen molar-refractivity contribution in [3.05, 3.63) is 53.9 Å². The Morgan fingerprint density at radius 1 is 1.35 bits per heavy atom. The molecule has 0 spiro atoms. The van der Waals surface area contributed by atoms with Gasteiger partial charge in [0, 0.05) is 12.1 Å². The molecule has 1 aromatic carbocycles. The van der Waals surface area contributed by atoms with Crippen LogP contribution in [0.3, 0.4) is 0 Å². The predicted molar refractivity (Wildman–Crippen MR) is 102 cm³/mol. The van der Waals surface area contributed by atoms with Crippen molar-refractivity contribution in [3.8, 4) is 0 Å². The van der Waals surface area contributed by atoms with Gasteiger partial charge in [0.25, 0.3) is 0 Å². The summed E-state index contributed by atoms with van der Waals surface area (Å²) >= 11 is 3.77. The van der Waals surface area contributed by atoms with E-state index in [1.54, 1.807) is 6.08 Å². The summed E-state index contributed by atoms with van der Waals surface area (Å²) in [6.07, 6.45) is 5.92. The number of allylic oxidation sites excluding steroid dienone is 1. The van der Waals surface area contributed by atoms with E-state index >= 15 is 0 Å². The normalized spacial score (nSPS) is 10.1. The molecule has 0 atom stereocenters. The van der Waals surface area contributed by atoms with E-state index in [0.717, 1.165) is 22.6 Å². The molecule has 2 rings (SSSR count). The first-order valence-corrected chi connectivity index (χ1v) is 8.00. The number of hydrogen-bond acceptors (Lipinski definition) is 3. The smallest absolute Gasteiger partial charge is 0.205 e. The lowest BCUT2D eigenvalue weighted by Crippen LogP contribution is -1.95. The number of rotatable bonds is 6. The SMILES string of the molecule is C=Cc1nc(Nc2ccc(CC(=O)S)cc2)[nH]c1/C=C\C.CC. The van der Waals surface area contributed by atoms with E-state index in [2.05, 4.69) is 34.5 Å². The molecule has 4 nitrogen and oxygen atoms in total. The third-order valence-electron chi connectivity index (χ3n) is 2.86. The van der Waals surface area contributed by atoms with Crippen molar-refractivity contribution in [1.82, 2.24) is 9.97 Å². The monoisotopic (exact) mass is 329 g/mol. The third-order valence-corrected chi connectivity index (χ3v) is 3.02. The third kappa shape index (κ3) is 5.79. The Bertz CT molecular complexity index is 672. The van der Waals surface area contributed by atoms with Crippen LogP contribution < -0.4 is 5.32 Å². The Hall–Kier alpha value is -2.27. The highest BCUT2D eigenvalue weighted by atomic mass is 32.1. The molecular formula is C18H23N3OS. The minimum Gasteiger partial charge on any atom is -0.326 e. The average molecular weight is 329 g/mol. The van der Waals surface area contributed by atoms with Crippen molar-refractivity contribution in [2.75, 3.05) is 5.32 Å². The van der Waals surface area contributed by atoms with Crippen LogP contribution in [-0.4, -0.2) is 15.1 Å². The largest absolute Gasteiger partial charge is 0.326 e. The number of nitrogens with zero attached hydrogens (tertiary/aromatic N) is 1. The van der Waals surface area contributed by atoms with Gasteiger partial charge in [-0.25, -0.2) is 4.98 Å². The molecule has 23 heavy (non-hydrogen) atoms. The molecule has 0 aliphatic heterocycles. The number of thiol groups is 1. The number of benzene rings is 1. The number of anilines is 2. The zero-order valence-electron chi connectivity index (χ0n) is 13.8. The van der Waals surface area contributed by atoms with Gasteiger partial charge in [0.15, 0.2) is 5.12 Å². The Morgan fingerprint density at radius 2 is 2.00 bits per heavy atom. The fourth-order valence-corrected chi connectivity index (χ4v) is 2.11. The van der Waals surface area contributed by atoms with Gasteiger partial charge in [-0.15, -0.1) is 12.6 Å². The van der Waals surface area contributed by atoms with Crippen molar-refractivity contribution in [2.24, 2.45) is 0 Å². The number of nitrogens with one attached hydrogen (secondary N) is 2. The van der Waals surface area contributed by atoms with Gasteiger partial charge in [-0.1, -0.05) is 38.6 Å². The van der Waals surface area contributed by atoms with Crippen molar-refractivity contribution >= 4 is 41.5 Å². The minimum absolute atomic E-state index is 0.145. The second-order valence-corrected chi connectivity index (χ2v) is 4.98. The van der Waals surface area contributed by atoms with Gasteiger partial charge in [0.1, 0.15) is 0 Å². The number of imidazole rings is 1. The molecule has 0 bridgehead atoms. The summed E-state index contributed by atoms with van der Waals surface area (Å²) < 4.78 is 0. The molecule has 2 N–H and O–H groups in total. The van der Waals surface area contributed by atoms with Crippen molar-refractivity contribution in [3.63, 3.8) is 0 Å². The van der Waals surface area contributed by atoms with Crippen LogP contribution in [0, 0.1) is 0 Å². The van der Waals surface area contributed by atoms with Crippen LogP contribution in [0.4, 0.5) is 11.6 Å². The molecular weight excluding hydrogens is 306 g/mol. The van der Waals surface area contributed by atoms with Crippen LogP contribution in [0.1, 0.15) is 37.7 Å².